The third kappa shape index (κ3) is 1.75. The van der Waals surface area contributed by atoms with Crippen LogP contribution in [0.25, 0.3) is 0 Å². The van der Waals surface area contributed by atoms with Crippen LogP contribution in [0.3, 0.4) is 0 Å². The van der Waals surface area contributed by atoms with Crippen molar-refractivity contribution >= 4 is 22.3 Å². The Morgan fingerprint density at radius 3 is 2.20 bits per heavy atom. The molecule has 0 aromatic carbocycles. The summed E-state index contributed by atoms with van der Waals surface area (Å²) >= 11 is -1.97. The van der Waals surface area contributed by atoms with Crippen molar-refractivity contribution in [3.05, 3.63) is 12.0 Å². The van der Waals surface area contributed by atoms with E-state index in [9.17, 15) is 0 Å². The summed E-state index contributed by atoms with van der Waals surface area (Å²) in [5, 5.41) is 0. The molecule has 0 unspecified atom stereocenters. The molecular weight excluding hydrogens is 233 g/mol. The van der Waals surface area contributed by atoms with E-state index in [-0.39, 0.29) is 0 Å². The van der Waals surface area contributed by atoms with Gasteiger partial charge in [-0.2, -0.15) is 0 Å². The molecule has 1 aromatic rings. The van der Waals surface area contributed by atoms with Crippen LogP contribution in [0.4, 0.5) is 0 Å². The second-order valence-electron chi connectivity index (χ2n) is 3.54. The van der Waals surface area contributed by atoms with Crippen molar-refractivity contribution in [2.24, 2.45) is 0 Å². The van der Waals surface area contributed by atoms with Crippen LogP contribution in [-0.2, 0) is 0 Å². The fourth-order valence-electron chi connectivity index (χ4n) is 0.698. The average Bonchev–Trinajstić information content (AvgIpc) is 2.11. The fraction of sp³-hybridized carbons (Fsp3) is 0.571. The molecule has 0 fully saturated rings. The van der Waals surface area contributed by atoms with Gasteiger partial charge in [0.25, 0.3) is 0 Å². The van der Waals surface area contributed by atoms with Crippen LogP contribution in [-0.4, -0.2) is 23.4 Å². The molecular formula is C7H13NOSn. The molecule has 0 radical (unpaired) electrons. The molecule has 10 heavy (non-hydrogen) atoms. The van der Waals surface area contributed by atoms with E-state index in [1.165, 1.54) is 0 Å². The monoisotopic (exact) mass is 247 g/mol. The van der Waals surface area contributed by atoms with Gasteiger partial charge in [0.15, 0.2) is 0 Å². The Morgan fingerprint density at radius 1 is 1.40 bits per heavy atom. The molecule has 2 nitrogen and oxygen atoms in total. The van der Waals surface area contributed by atoms with Crippen LogP contribution in [0.15, 0.2) is 10.7 Å². The van der Waals surface area contributed by atoms with Crippen LogP contribution in [0.5, 0.6) is 0 Å². The van der Waals surface area contributed by atoms with Crippen molar-refractivity contribution in [3.63, 3.8) is 0 Å². The fourth-order valence-corrected chi connectivity index (χ4v) is 3.34. The minimum atomic E-state index is -1.97. The summed E-state index contributed by atoms with van der Waals surface area (Å²) in [5.74, 6) is 0. The van der Waals surface area contributed by atoms with E-state index in [2.05, 4.69) is 19.8 Å². The first-order valence-electron chi connectivity index (χ1n) is 3.43. The molecule has 0 saturated carbocycles. The van der Waals surface area contributed by atoms with Crippen molar-refractivity contribution < 1.29 is 4.42 Å². The Morgan fingerprint density at radius 2 is 2.00 bits per heavy atom. The summed E-state index contributed by atoms with van der Waals surface area (Å²) in [7, 11) is 0. The van der Waals surface area contributed by atoms with Crippen LogP contribution in [0.2, 0.25) is 14.8 Å². The van der Waals surface area contributed by atoms with E-state index in [4.69, 9.17) is 4.42 Å². The summed E-state index contributed by atoms with van der Waals surface area (Å²) in [6.45, 7) is 1.96. The quantitative estimate of drug-likeness (QED) is 0.702. The van der Waals surface area contributed by atoms with Crippen LogP contribution in [0.1, 0.15) is 5.69 Å². The van der Waals surface area contributed by atoms with Crippen molar-refractivity contribution in [2.75, 3.05) is 0 Å². The van der Waals surface area contributed by atoms with E-state index < -0.39 is 18.4 Å². The van der Waals surface area contributed by atoms with Gasteiger partial charge in [0.1, 0.15) is 0 Å². The van der Waals surface area contributed by atoms with Gasteiger partial charge in [-0.3, -0.25) is 0 Å². The molecule has 0 aliphatic rings. The zero-order chi connectivity index (χ0) is 7.78. The Kier molecular flexibility index (Phi) is 2.08. The third-order valence-corrected chi connectivity index (χ3v) is 5.58. The first kappa shape index (κ1) is 8.11. The normalized spacial score (nSPS) is 12.0. The third-order valence-electron chi connectivity index (χ3n) is 1.26. The standard InChI is InChI=1S/C4H4NO.3CH3.Sn/c1-4-2-6-3-5-4;;;;/h2H,1H3;3*1H3;. The van der Waals surface area contributed by atoms with Crippen molar-refractivity contribution in [2.45, 2.75) is 21.7 Å². The first-order chi connectivity index (χ1) is 4.50. The van der Waals surface area contributed by atoms with E-state index in [1.54, 1.807) is 6.26 Å². The predicted molar refractivity (Wildman–Crippen MR) is 44.2 cm³/mol. The van der Waals surface area contributed by atoms with Gasteiger partial charge < -0.3 is 0 Å². The van der Waals surface area contributed by atoms with E-state index in [0.29, 0.717) is 0 Å². The summed E-state index contributed by atoms with van der Waals surface area (Å²) in [6.07, 6.45) is 1.73. The predicted octanol–water partition coefficient (Wildman–Crippen LogP) is 1.53. The second-order valence-corrected chi connectivity index (χ2v) is 17.6. The summed E-state index contributed by atoms with van der Waals surface area (Å²) in [6, 6.07) is 0. The summed E-state index contributed by atoms with van der Waals surface area (Å²) in [5.41, 5.74) is 1.00. The molecule has 56 valence electrons. The molecule has 1 aromatic heterocycles. The van der Waals surface area contributed by atoms with Crippen molar-refractivity contribution in [3.8, 4) is 0 Å². The zero-order valence-corrected chi connectivity index (χ0v) is 9.79. The van der Waals surface area contributed by atoms with Gasteiger partial charge in [0.05, 0.1) is 0 Å². The molecule has 0 atom stereocenters. The summed E-state index contributed by atoms with van der Waals surface area (Å²) in [4.78, 5) is 11.2. The van der Waals surface area contributed by atoms with E-state index in [1.807, 2.05) is 6.92 Å². The van der Waals surface area contributed by atoms with Gasteiger partial charge >= 0.3 is 65.4 Å². The average molecular weight is 246 g/mol. The Bertz CT molecular complexity index is 224. The molecule has 0 saturated heterocycles. The van der Waals surface area contributed by atoms with Crippen LogP contribution in [0, 0.1) is 6.92 Å². The van der Waals surface area contributed by atoms with Gasteiger partial charge in [0.2, 0.25) is 0 Å². The second kappa shape index (κ2) is 2.57. The van der Waals surface area contributed by atoms with Crippen molar-refractivity contribution in [1.29, 1.82) is 0 Å². The van der Waals surface area contributed by atoms with Gasteiger partial charge in [-0.15, -0.1) is 0 Å². The molecule has 0 amide bonds. The Balaban J connectivity index is 2.96. The minimum absolute atomic E-state index is 1.00. The van der Waals surface area contributed by atoms with Crippen LogP contribution >= 0.6 is 0 Å². The molecule has 0 aliphatic carbocycles. The van der Waals surface area contributed by atoms with Gasteiger partial charge in [-0.25, -0.2) is 0 Å². The Labute approximate surface area is 65.5 Å². The van der Waals surface area contributed by atoms with E-state index in [0.717, 1.165) is 9.60 Å². The first-order valence-corrected chi connectivity index (χ1v) is 13.4. The van der Waals surface area contributed by atoms with E-state index >= 15 is 0 Å². The number of oxazole rings is 1. The molecule has 0 bridgehead atoms. The molecule has 3 heteroatoms. The van der Waals surface area contributed by atoms with Gasteiger partial charge in [-0.05, 0) is 0 Å². The van der Waals surface area contributed by atoms with Gasteiger partial charge in [-0.1, -0.05) is 0 Å². The zero-order valence-electron chi connectivity index (χ0n) is 6.93. The number of rotatable bonds is 1. The SMILES string of the molecule is Cc1co[c]([Sn]([CH3])([CH3])[CH3])n1. The number of aromatic nitrogens is 1. The number of aryl methyl sites for hydroxylation is 1. The Hall–Kier alpha value is 0.00870. The van der Waals surface area contributed by atoms with Gasteiger partial charge in [0, 0.05) is 0 Å². The maximum absolute atomic E-state index is 5.31. The number of hydrogen-bond acceptors (Lipinski definition) is 2. The summed E-state index contributed by atoms with van der Waals surface area (Å²) < 4.78 is 6.33. The number of nitrogens with zero attached hydrogens (tertiary/aromatic N) is 1. The topological polar surface area (TPSA) is 26.0 Å². The molecule has 1 rings (SSSR count). The van der Waals surface area contributed by atoms with Crippen LogP contribution < -0.4 is 3.91 Å². The molecule has 1 heterocycles. The molecule has 0 spiro atoms. The molecule has 0 aliphatic heterocycles. The molecule has 0 N–H and O–H groups in total. The number of hydrogen-bond donors (Lipinski definition) is 0. The maximum atomic E-state index is 5.31. The van der Waals surface area contributed by atoms with Crippen molar-refractivity contribution in [1.82, 2.24) is 4.98 Å².